The van der Waals surface area contributed by atoms with E-state index in [0.717, 1.165) is 13.0 Å². The lowest BCUT2D eigenvalue weighted by atomic mass is 10.1. The lowest BCUT2D eigenvalue weighted by Crippen LogP contribution is -2.50. The van der Waals surface area contributed by atoms with Crippen molar-refractivity contribution in [3.05, 3.63) is 44.5 Å². The quantitative estimate of drug-likeness (QED) is 0.674. The summed E-state index contributed by atoms with van der Waals surface area (Å²) in [4.78, 5) is 40.4. The number of hydrogen-bond acceptors (Lipinski definition) is 5. The number of benzene rings is 1. The molecule has 2 atom stereocenters. The first-order chi connectivity index (χ1) is 12.6. The molecule has 1 aromatic heterocycles. The molecule has 3 N–H and O–H groups in total. The molecule has 2 fully saturated rings. The van der Waals surface area contributed by atoms with Gasteiger partial charge in [0.1, 0.15) is 0 Å². The fourth-order valence-corrected chi connectivity index (χ4v) is 3.10. The highest BCUT2D eigenvalue weighted by molar-refractivity contribution is 5.97. The molecule has 1 aliphatic carbocycles. The van der Waals surface area contributed by atoms with Crippen molar-refractivity contribution in [1.82, 2.24) is 15.3 Å². The lowest BCUT2D eigenvalue weighted by Gasteiger charge is -2.32. The van der Waals surface area contributed by atoms with Gasteiger partial charge in [-0.15, -0.1) is 0 Å². The van der Waals surface area contributed by atoms with E-state index in [1.165, 1.54) is 12.8 Å². The van der Waals surface area contributed by atoms with E-state index in [2.05, 4.69) is 15.3 Å². The van der Waals surface area contributed by atoms with Gasteiger partial charge in [-0.3, -0.25) is 14.4 Å². The molecule has 0 bridgehead atoms. The van der Waals surface area contributed by atoms with E-state index in [0.29, 0.717) is 35.7 Å². The highest BCUT2D eigenvalue weighted by Crippen LogP contribution is 2.30. The molecular formula is C18H21N3O5. The summed E-state index contributed by atoms with van der Waals surface area (Å²) in [5, 5.41) is 2.97. The molecule has 26 heavy (non-hydrogen) atoms. The van der Waals surface area contributed by atoms with Gasteiger partial charge >= 0.3 is 11.1 Å². The fraction of sp³-hybridized carbons (Fsp3) is 0.500. The summed E-state index contributed by atoms with van der Waals surface area (Å²) < 4.78 is 11.5. The molecule has 0 radical (unpaired) electrons. The van der Waals surface area contributed by atoms with Crippen LogP contribution in [-0.4, -0.2) is 47.8 Å². The Morgan fingerprint density at radius 3 is 2.69 bits per heavy atom. The predicted molar refractivity (Wildman–Crippen MR) is 94.3 cm³/mol. The van der Waals surface area contributed by atoms with Gasteiger partial charge < -0.3 is 24.8 Å². The third-order valence-corrected chi connectivity index (χ3v) is 4.84. The van der Waals surface area contributed by atoms with E-state index in [1.54, 1.807) is 18.2 Å². The van der Waals surface area contributed by atoms with Gasteiger partial charge in [0.25, 0.3) is 5.91 Å². The summed E-state index contributed by atoms with van der Waals surface area (Å²) in [6.45, 7) is 1.78. The minimum Gasteiger partial charge on any atom is -0.379 e. The molecule has 2 aromatic rings. The van der Waals surface area contributed by atoms with Crippen molar-refractivity contribution in [3.63, 3.8) is 0 Å². The first kappa shape index (κ1) is 17.0. The van der Waals surface area contributed by atoms with Gasteiger partial charge in [-0.05, 0) is 43.4 Å². The maximum Gasteiger partial charge on any atom is 0.314 e. The summed E-state index contributed by atoms with van der Waals surface area (Å²) in [5.41, 5.74) is -0.192. The molecule has 8 nitrogen and oxygen atoms in total. The molecule has 1 aliphatic heterocycles. The van der Waals surface area contributed by atoms with E-state index >= 15 is 0 Å². The molecule has 138 valence electrons. The Morgan fingerprint density at radius 1 is 1.15 bits per heavy atom. The number of nitrogens with one attached hydrogen (secondary N) is 3. The number of ether oxygens (including phenoxy) is 2. The van der Waals surface area contributed by atoms with Crippen LogP contribution in [0.2, 0.25) is 0 Å². The number of carbonyl (C=O) groups excluding carboxylic acids is 1. The average molecular weight is 359 g/mol. The number of aromatic nitrogens is 2. The number of amides is 1. The molecule has 0 spiro atoms. The van der Waals surface area contributed by atoms with E-state index < -0.39 is 11.1 Å². The summed E-state index contributed by atoms with van der Waals surface area (Å²) in [7, 11) is 0. The molecule has 1 amide bonds. The first-order valence-corrected chi connectivity index (χ1v) is 8.87. The van der Waals surface area contributed by atoms with Crippen LogP contribution in [0.25, 0.3) is 11.0 Å². The topological polar surface area (TPSA) is 113 Å². The second kappa shape index (κ2) is 7.05. The van der Waals surface area contributed by atoms with Crippen molar-refractivity contribution in [2.75, 3.05) is 19.8 Å². The number of rotatable bonds is 5. The Balaban J connectivity index is 1.48. The maximum absolute atomic E-state index is 12.6. The van der Waals surface area contributed by atoms with Crippen LogP contribution in [0, 0.1) is 5.92 Å². The van der Waals surface area contributed by atoms with Crippen molar-refractivity contribution in [1.29, 1.82) is 0 Å². The van der Waals surface area contributed by atoms with E-state index in [4.69, 9.17) is 9.47 Å². The number of hydrogen-bond donors (Lipinski definition) is 3. The highest BCUT2D eigenvalue weighted by atomic mass is 16.5. The van der Waals surface area contributed by atoms with E-state index in [1.807, 2.05) is 0 Å². The molecule has 0 unspecified atom stereocenters. The third kappa shape index (κ3) is 3.71. The van der Waals surface area contributed by atoms with Crippen LogP contribution >= 0.6 is 0 Å². The Hall–Kier alpha value is -2.45. The number of fused-ring (bicyclic) bond motifs is 1. The predicted octanol–water partition coefficient (Wildman–Crippen LogP) is 0.530. The van der Waals surface area contributed by atoms with Crippen LogP contribution in [0.5, 0.6) is 0 Å². The minimum atomic E-state index is -0.746. The summed E-state index contributed by atoms with van der Waals surface area (Å²) >= 11 is 0. The third-order valence-electron chi connectivity index (χ3n) is 4.84. The van der Waals surface area contributed by atoms with Crippen LogP contribution in [0.4, 0.5) is 0 Å². The smallest absolute Gasteiger partial charge is 0.314 e. The fourth-order valence-electron chi connectivity index (χ4n) is 3.10. The second-order valence-corrected chi connectivity index (χ2v) is 6.93. The number of aromatic amines is 2. The number of H-pyrrole nitrogens is 2. The van der Waals surface area contributed by atoms with Crippen LogP contribution in [0.1, 0.15) is 29.6 Å². The molecule has 8 heteroatoms. The van der Waals surface area contributed by atoms with Crippen molar-refractivity contribution >= 4 is 16.9 Å². The molecule has 1 aromatic carbocycles. The maximum atomic E-state index is 12.6. The summed E-state index contributed by atoms with van der Waals surface area (Å²) in [5.74, 6) is 0.392. The standard InChI is InChI=1S/C18H21N3O5/c22-16(11-3-4-12-13(7-11)20-18(24)17(23)19-12)21-14-9-25-6-5-15(14)26-8-10-1-2-10/h3-4,7,10,14-15H,1-2,5-6,8-9H2,(H,19,23)(H,20,24)(H,21,22)/t14-,15+/m1/s1. The SMILES string of the molecule is O=C(N[C@@H]1COCC[C@@H]1OCC1CC1)c1ccc2[nH]c(=O)c(=O)[nH]c2c1. The van der Waals surface area contributed by atoms with Gasteiger partial charge in [0, 0.05) is 18.8 Å². The van der Waals surface area contributed by atoms with E-state index in [9.17, 15) is 14.4 Å². The van der Waals surface area contributed by atoms with Gasteiger partial charge in [0.2, 0.25) is 0 Å². The van der Waals surface area contributed by atoms with E-state index in [-0.39, 0.29) is 18.1 Å². The van der Waals surface area contributed by atoms with Gasteiger partial charge in [0.15, 0.2) is 0 Å². The molecule has 1 saturated carbocycles. The molecule has 1 saturated heterocycles. The molecular weight excluding hydrogens is 338 g/mol. The second-order valence-electron chi connectivity index (χ2n) is 6.93. The van der Waals surface area contributed by atoms with Crippen molar-refractivity contribution in [3.8, 4) is 0 Å². The zero-order valence-corrected chi connectivity index (χ0v) is 14.2. The van der Waals surface area contributed by atoms with Gasteiger partial charge in [0.05, 0.1) is 29.8 Å². The van der Waals surface area contributed by atoms with Crippen molar-refractivity contribution < 1.29 is 14.3 Å². The Morgan fingerprint density at radius 2 is 1.92 bits per heavy atom. The van der Waals surface area contributed by atoms with Crippen LogP contribution in [0.3, 0.4) is 0 Å². The number of carbonyl (C=O) groups is 1. The zero-order chi connectivity index (χ0) is 18.1. The monoisotopic (exact) mass is 359 g/mol. The summed E-state index contributed by atoms with van der Waals surface area (Å²) in [6, 6.07) is 4.54. The van der Waals surface area contributed by atoms with Crippen molar-refractivity contribution in [2.24, 2.45) is 5.92 Å². The van der Waals surface area contributed by atoms with Gasteiger partial charge in [-0.2, -0.15) is 0 Å². The van der Waals surface area contributed by atoms with Crippen LogP contribution in [0.15, 0.2) is 27.8 Å². The largest absolute Gasteiger partial charge is 0.379 e. The Bertz CT molecular complexity index is 930. The van der Waals surface area contributed by atoms with Gasteiger partial charge in [-0.25, -0.2) is 0 Å². The van der Waals surface area contributed by atoms with Crippen LogP contribution in [-0.2, 0) is 9.47 Å². The average Bonchev–Trinajstić information content (AvgIpc) is 3.46. The summed E-state index contributed by atoms with van der Waals surface area (Å²) in [6.07, 6.45) is 3.14. The molecule has 2 aliphatic rings. The Labute approximate surface area is 148 Å². The normalized spacial score (nSPS) is 23.1. The zero-order valence-electron chi connectivity index (χ0n) is 14.2. The highest BCUT2D eigenvalue weighted by Gasteiger charge is 2.30. The van der Waals surface area contributed by atoms with Crippen LogP contribution < -0.4 is 16.4 Å². The minimum absolute atomic E-state index is 0.0510. The molecule has 2 heterocycles. The van der Waals surface area contributed by atoms with Crippen molar-refractivity contribution in [2.45, 2.75) is 31.4 Å². The lowest BCUT2D eigenvalue weighted by molar-refractivity contribution is -0.0567. The molecule has 4 rings (SSSR count). The van der Waals surface area contributed by atoms with Gasteiger partial charge in [-0.1, -0.05) is 0 Å². The Kier molecular flexibility index (Phi) is 4.60. The first-order valence-electron chi connectivity index (χ1n) is 8.87.